The van der Waals surface area contributed by atoms with E-state index in [1.807, 2.05) is 11.8 Å². The Labute approximate surface area is 114 Å². The molecule has 2 N–H and O–H groups in total. The molecular weight excluding hydrogens is 238 g/mol. The fourth-order valence-electron chi connectivity index (χ4n) is 3.09. The number of carbonyl (C=O) groups excluding carboxylic acids is 1. The van der Waals surface area contributed by atoms with Crippen LogP contribution in [-0.2, 0) is 4.79 Å². The fraction of sp³-hybridized carbons (Fsp3) is 0.533. The van der Waals surface area contributed by atoms with Gasteiger partial charge in [-0.2, -0.15) is 0 Å². The quantitative estimate of drug-likeness (QED) is 0.876. The largest absolute Gasteiger partial charge is 0.368 e. The van der Waals surface area contributed by atoms with Gasteiger partial charge in [-0.15, -0.1) is 0 Å². The van der Waals surface area contributed by atoms with Crippen molar-refractivity contribution >= 4 is 11.6 Å². The normalized spacial score (nSPS) is 24.5. The van der Waals surface area contributed by atoms with E-state index in [-0.39, 0.29) is 6.04 Å². The molecule has 102 valence electrons. The maximum Gasteiger partial charge on any atom is 0.223 e. The van der Waals surface area contributed by atoms with Crippen molar-refractivity contribution in [3.63, 3.8) is 0 Å². The molecule has 1 aromatic carbocycles. The summed E-state index contributed by atoms with van der Waals surface area (Å²) in [5.74, 6) is 0.331. The zero-order valence-electron chi connectivity index (χ0n) is 11.4. The molecule has 0 bridgehead atoms. The number of benzene rings is 1. The summed E-state index contributed by atoms with van der Waals surface area (Å²) in [6.07, 6.45) is 1.73. The first-order chi connectivity index (χ1) is 9.15. The van der Waals surface area contributed by atoms with Crippen molar-refractivity contribution in [1.82, 2.24) is 4.90 Å². The first-order valence-corrected chi connectivity index (χ1v) is 7.05. The van der Waals surface area contributed by atoms with Crippen LogP contribution in [-0.4, -0.2) is 36.5 Å². The van der Waals surface area contributed by atoms with Gasteiger partial charge in [0, 0.05) is 43.8 Å². The lowest BCUT2D eigenvalue weighted by Gasteiger charge is -2.39. The molecule has 2 unspecified atom stereocenters. The van der Waals surface area contributed by atoms with E-state index >= 15 is 0 Å². The second kappa shape index (κ2) is 4.85. The number of piperazine rings is 1. The van der Waals surface area contributed by atoms with Gasteiger partial charge in [0.2, 0.25) is 5.91 Å². The Balaban J connectivity index is 1.71. The van der Waals surface area contributed by atoms with Gasteiger partial charge in [0.05, 0.1) is 0 Å². The highest BCUT2D eigenvalue weighted by molar-refractivity contribution is 5.79. The molecule has 2 aliphatic rings. The first-order valence-electron chi connectivity index (χ1n) is 7.05. The number of nitrogens with two attached hydrogens (primary N) is 1. The summed E-state index contributed by atoms with van der Waals surface area (Å²) in [4.78, 5) is 16.1. The molecule has 4 heteroatoms. The van der Waals surface area contributed by atoms with Gasteiger partial charge in [-0.1, -0.05) is 12.1 Å². The van der Waals surface area contributed by atoms with Crippen molar-refractivity contribution in [2.75, 3.05) is 24.5 Å². The molecule has 19 heavy (non-hydrogen) atoms. The lowest BCUT2D eigenvalue weighted by molar-refractivity contribution is -0.129. The Morgan fingerprint density at radius 2 is 2.00 bits per heavy atom. The molecule has 1 aromatic rings. The van der Waals surface area contributed by atoms with Crippen LogP contribution < -0.4 is 10.6 Å². The maximum atomic E-state index is 11.7. The molecule has 2 fully saturated rings. The molecule has 2 saturated heterocycles. The van der Waals surface area contributed by atoms with Crippen molar-refractivity contribution < 1.29 is 4.79 Å². The molecule has 0 aliphatic carbocycles. The van der Waals surface area contributed by atoms with E-state index in [0.717, 1.165) is 32.5 Å². The summed E-state index contributed by atoms with van der Waals surface area (Å²) in [6, 6.07) is 8.99. The molecule has 0 aromatic heterocycles. The Bertz CT molecular complexity index is 469. The lowest BCUT2D eigenvalue weighted by Crippen LogP contribution is -2.51. The van der Waals surface area contributed by atoms with Crippen LogP contribution in [0, 0.1) is 0 Å². The second-order valence-corrected chi connectivity index (χ2v) is 5.61. The van der Waals surface area contributed by atoms with Crippen molar-refractivity contribution in [2.45, 2.75) is 31.8 Å². The Hall–Kier alpha value is -1.55. The summed E-state index contributed by atoms with van der Waals surface area (Å²) in [5.41, 5.74) is 8.27. The second-order valence-electron chi connectivity index (χ2n) is 5.61. The van der Waals surface area contributed by atoms with Crippen LogP contribution in [0.15, 0.2) is 24.3 Å². The minimum absolute atomic E-state index is 0.0818. The van der Waals surface area contributed by atoms with Gasteiger partial charge >= 0.3 is 0 Å². The fourth-order valence-corrected chi connectivity index (χ4v) is 3.09. The third-order valence-corrected chi connectivity index (χ3v) is 4.28. The van der Waals surface area contributed by atoms with Crippen LogP contribution >= 0.6 is 0 Å². The van der Waals surface area contributed by atoms with Crippen LogP contribution in [0.3, 0.4) is 0 Å². The highest BCUT2D eigenvalue weighted by atomic mass is 16.2. The van der Waals surface area contributed by atoms with Gasteiger partial charge in [0.25, 0.3) is 0 Å². The molecule has 2 atom stereocenters. The van der Waals surface area contributed by atoms with Gasteiger partial charge in [0.1, 0.15) is 0 Å². The van der Waals surface area contributed by atoms with Crippen LogP contribution in [0.5, 0.6) is 0 Å². The van der Waals surface area contributed by atoms with Crippen molar-refractivity contribution in [3.8, 4) is 0 Å². The third-order valence-electron chi connectivity index (χ3n) is 4.28. The third kappa shape index (κ3) is 2.32. The molecule has 3 rings (SSSR count). The lowest BCUT2D eigenvalue weighted by atomic mass is 10.1. The van der Waals surface area contributed by atoms with Gasteiger partial charge in [-0.05, 0) is 31.0 Å². The Morgan fingerprint density at radius 1 is 1.26 bits per heavy atom. The summed E-state index contributed by atoms with van der Waals surface area (Å²) >= 11 is 0. The predicted molar refractivity (Wildman–Crippen MR) is 76.0 cm³/mol. The number of amides is 1. The monoisotopic (exact) mass is 259 g/mol. The number of anilines is 1. The first kappa shape index (κ1) is 12.5. The van der Waals surface area contributed by atoms with Crippen LogP contribution in [0.25, 0.3) is 0 Å². The van der Waals surface area contributed by atoms with E-state index in [1.54, 1.807) is 0 Å². The van der Waals surface area contributed by atoms with Gasteiger partial charge in [-0.25, -0.2) is 0 Å². The molecule has 2 aliphatic heterocycles. The number of nitrogens with zero attached hydrogens (tertiary/aromatic N) is 2. The summed E-state index contributed by atoms with van der Waals surface area (Å²) < 4.78 is 0. The van der Waals surface area contributed by atoms with E-state index in [1.165, 1.54) is 11.3 Å². The topological polar surface area (TPSA) is 49.6 Å². The number of carbonyl (C=O) groups is 1. The summed E-state index contributed by atoms with van der Waals surface area (Å²) in [5, 5.41) is 0. The number of hydrogen-bond donors (Lipinski definition) is 1. The average Bonchev–Trinajstić information content (AvgIpc) is 2.80. The van der Waals surface area contributed by atoms with Gasteiger partial charge in [0.15, 0.2) is 0 Å². The zero-order chi connectivity index (χ0) is 13.4. The number of rotatable bonds is 2. The zero-order valence-corrected chi connectivity index (χ0v) is 11.4. The minimum atomic E-state index is 0.0818. The Kier molecular flexibility index (Phi) is 3.19. The Morgan fingerprint density at radius 3 is 2.68 bits per heavy atom. The molecule has 0 saturated carbocycles. The molecule has 0 radical (unpaired) electrons. The van der Waals surface area contributed by atoms with Crippen LogP contribution in [0.4, 0.5) is 5.69 Å². The summed E-state index contributed by atoms with van der Waals surface area (Å²) in [7, 11) is 0. The van der Waals surface area contributed by atoms with E-state index in [2.05, 4.69) is 29.2 Å². The number of hydrogen-bond acceptors (Lipinski definition) is 3. The van der Waals surface area contributed by atoms with Crippen LogP contribution in [0.1, 0.15) is 31.4 Å². The molecular formula is C15H21N3O. The molecule has 0 spiro atoms. The van der Waals surface area contributed by atoms with E-state index in [4.69, 9.17) is 5.73 Å². The number of fused-ring (bicyclic) bond motifs is 1. The SMILES string of the molecule is CC(N)c1ccc(N2CCN3C(=O)CCC3C2)cc1. The molecule has 2 heterocycles. The van der Waals surface area contributed by atoms with Crippen LogP contribution in [0.2, 0.25) is 0 Å². The standard InChI is InChI=1S/C15H21N3O/c1-11(16)12-2-4-13(5-3-12)17-8-9-18-14(10-17)6-7-15(18)19/h2-5,11,14H,6-10,16H2,1H3. The highest BCUT2D eigenvalue weighted by Crippen LogP contribution is 2.26. The summed E-state index contributed by atoms with van der Waals surface area (Å²) in [6.45, 7) is 4.75. The van der Waals surface area contributed by atoms with E-state index in [0.29, 0.717) is 11.9 Å². The predicted octanol–water partition coefficient (Wildman–Crippen LogP) is 1.52. The molecule has 4 nitrogen and oxygen atoms in total. The van der Waals surface area contributed by atoms with E-state index < -0.39 is 0 Å². The van der Waals surface area contributed by atoms with E-state index in [9.17, 15) is 4.79 Å². The average molecular weight is 259 g/mol. The minimum Gasteiger partial charge on any atom is -0.368 e. The van der Waals surface area contributed by atoms with Crippen molar-refractivity contribution in [1.29, 1.82) is 0 Å². The van der Waals surface area contributed by atoms with Gasteiger partial charge in [-0.3, -0.25) is 4.79 Å². The van der Waals surface area contributed by atoms with Crippen molar-refractivity contribution in [2.24, 2.45) is 5.73 Å². The smallest absolute Gasteiger partial charge is 0.223 e. The van der Waals surface area contributed by atoms with Crippen molar-refractivity contribution in [3.05, 3.63) is 29.8 Å². The highest BCUT2D eigenvalue weighted by Gasteiger charge is 2.35. The van der Waals surface area contributed by atoms with Gasteiger partial charge < -0.3 is 15.5 Å². The maximum absolute atomic E-state index is 11.7. The molecule has 1 amide bonds.